The highest BCUT2D eigenvalue weighted by Gasteiger charge is 2.47. The Bertz CT molecular complexity index is 526. The Kier molecular flexibility index (Phi) is 4.04. The number of Topliss-reactive ketones (excluding diaryl/α,β-unsaturated/α-hetero) is 1. The number of amides is 1. The van der Waals surface area contributed by atoms with E-state index in [4.69, 9.17) is 4.74 Å². The van der Waals surface area contributed by atoms with E-state index in [1.54, 1.807) is 11.8 Å². The lowest BCUT2D eigenvalue weighted by atomic mass is 10.0. The van der Waals surface area contributed by atoms with Crippen LogP contribution in [0.2, 0.25) is 0 Å². The average Bonchev–Trinajstić information content (AvgIpc) is 2.75. The van der Waals surface area contributed by atoms with E-state index in [1.165, 1.54) is 13.0 Å². The number of rotatable bonds is 4. The van der Waals surface area contributed by atoms with E-state index in [-0.39, 0.29) is 24.2 Å². The molecule has 0 aromatic heterocycles. The number of nitrogens with zero attached hydrogens (tertiary/aromatic N) is 1. The molecule has 4 nitrogen and oxygen atoms in total. The molecule has 0 unspecified atom stereocenters. The van der Waals surface area contributed by atoms with Gasteiger partial charge in [0.2, 0.25) is 5.91 Å². The maximum atomic E-state index is 12.2. The zero-order valence-electron chi connectivity index (χ0n) is 11.8. The summed E-state index contributed by atoms with van der Waals surface area (Å²) in [5, 5.41) is 0. The van der Waals surface area contributed by atoms with Crippen LogP contribution in [0.5, 0.6) is 0 Å². The Hall–Kier alpha value is -1.94. The fraction of sp³-hybridized carbons (Fsp3) is 0.375. The molecule has 0 N–H and O–H groups in total. The van der Waals surface area contributed by atoms with Crippen LogP contribution in [-0.4, -0.2) is 28.9 Å². The van der Waals surface area contributed by atoms with Crippen LogP contribution in [0.4, 0.5) is 0 Å². The van der Waals surface area contributed by atoms with E-state index in [0.717, 1.165) is 5.56 Å². The first kappa shape index (κ1) is 14.5. The van der Waals surface area contributed by atoms with Crippen molar-refractivity contribution in [3.8, 4) is 0 Å². The number of hydrogen-bond acceptors (Lipinski definition) is 3. The molecule has 0 spiro atoms. The van der Waals surface area contributed by atoms with Crippen molar-refractivity contribution < 1.29 is 14.3 Å². The Morgan fingerprint density at radius 3 is 2.65 bits per heavy atom. The largest absolute Gasteiger partial charge is 0.353 e. The summed E-state index contributed by atoms with van der Waals surface area (Å²) in [6.07, 6.45) is 1.44. The van der Waals surface area contributed by atoms with Crippen molar-refractivity contribution in [2.75, 3.05) is 6.61 Å². The molecular weight excluding hydrogens is 254 g/mol. The molecule has 106 valence electrons. The molecule has 1 aliphatic rings. The number of benzene rings is 1. The van der Waals surface area contributed by atoms with Gasteiger partial charge in [-0.05, 0) is 25.5 Å². The standard InChI is InChI=1S/C16H19NO3/c1-4-15(19)17-14(13-8-6-5-7-9-13)11-20-16(17,3)10-12(2)18/h4-9,14H,1,10-11H2,2-3H3/t14-,16+/m1/s1. The summed E-state index contributed by atoms with van der Waals surface area (Å²) >= 11 is 0. The monoisotopic (exact) mass is 273 g/mol. The minimum atomic E-state index is -0.905. The van der Waals surface area contributed by atoms with Gasteiger partial charge in [-0.25, -0.2) is 0 Å². The molecule has 20 heavy (non-hydrogen) atoms. The van der Waals surface area contributed by atoms with E-state index in [1.807, 2.05) is 30.3 Å². The second-order valence-electron chi connectivity index (χ2n) is 5.20. The highest BCUT2D eigenvalue weighted by Crippen LogP contribution is 2.39. The van der Waals surface area contributed by atoms with Crippen molar-refractivity contribution in [1.29, 1.82) is 0 Å². The van der Waals surface area contributed by atoms with Gasteiger partial charge in [-0.2, -0.15) is 0 Å². The molecule has 4 heteroatoms. The highest BCUT2D eigenvalue weighted by molar-refractivity contribution is 5.89. The van der Waals surface area contributed by atoms with Gasteiger partial charge in [0.05, 0.1) is 19.1 Å². The number of ether oxygens (including phenoxy) is 1. The van der Waals surface area contributed by atoms with Gasteiger partial charge in [-0.15, -0.1) is 0 Å². The molecule has 0 saturated carbocycles. The summed E-state index contributed by atoms with van der Waals surface area (Å²) in [6.45, 7) is 7.21. The van der Waals surface area contributed by atoms with Gasteiger partial charge in [-0.1, -0.05) is 36.9 Å². The van der Waals surface area contributed by atoms with Gasteiger partial charge in [0.1, 0.15) is 11.5 Å². The molecule has 1 aliphatic heterocycles. The Morgan fingerprint density at radius 1 is 1.45 bits per heavy atom. The summed E-state index contributed by atoms with van der Waals surface area (Å²) in [5.74, 6) is -0.233. The lowest BCUT2D eigenvalue weighted by Crippen LogP contribution is -2.47. The van der Waals surface area contributed by atoms with Crippen LogP contribution >= 0.6 is 0 Å². The summed E-state index contributed by atoms with van der Waals surface area (Å²) in [5.41, 5.74) is 0.0902. The number of carbonyl (C=O) groups excluding carboxylic acids is 2. The third kappa shape index (κ3) is 2.65. The molecule has 0 radical (unpaired) electrons. The molecule has 1 amide bonds. The highest BCUT2D eigenvalue weighted by atomic mass is 16.5. The van der Waals surface area contributed by atoms with Gasteiger partial charge >= 0.3 is 0 Å². The van der Waals surface area contributed by atoms with Gasteiger partial charge in [-0.3, -0.25) is 9.59 Å². The topological polar surface area (TPSA) is 46.6 Å². The molecule has 2 rings (SSSR count). The number of ketones is 1. The normalized spacial score (nSPS) is 25.5. The van der Waals surface area contributed by atoms with Crippen LogP contribution in [-0.2, 0) is 14.3 Å². The van der Waals surface area contributed by atoms with Gasteiger partial charge in [0.25, 0.3) is 0 Å². The maximum Gasteiger partial charge on any atom is 0.248 e. The van der Waals surface area contributed by atoms with Crippen LogP contribution in [0.15, 0.2) is 43.0 Å². The lowest BCUT2D eigenvalue weighted by molar-refractivity contribution is -0.147. The zero-order valence-corrected chi connectivity index (χ0v) is 11.8. The van der Waals surface area contributed by atoms with Crippen LogP contribution in [0, 0.1) is 0 Å². The third-order valence-electron chi connectivity index (χ3n) is 3.55. The molecule has 1 aromatic rings. The molecule has 2 atom stereocenters. The van der Waals surface area contributed by atoms with E-state index < -0.39 is 5.72 Å². The molecule has 1 saturated heterocycles. The Morgan fingerprint density at radius 2 is 2.10 bits per heavy atom. The summed E-state index contributed by atoms with van der Waals surface area (Å²) in [4.78, 5) is 25.3. The molecule has 1 heterocycles. The predicted octanol–water partition coefficient (Wildman–Crippen LogP) is 2.47. The maximum absolute atomic E-state index is 12.2. The molecular formula is C16H19NO3. The fourth-order valence-electron chi connectivity index (χ4n) is 2.74. The van der Waals surface area contributed by atoms with E-state index in [2.05, 4.69) is 6.58 Å². The molecule has 1 aromatic carbocycles. The minimum absolute atomic E-state index is 0.0110. The molecule has 0 aliphatic carbocycles. The lowest BCUT2D eigenvalue weighted by Gasteiger charge is -2.35. The van der Waals surface area contributed by atoms with Crippen molar-refractivity contribution in [2.45, 2.75) is 32.0 Å². The molecule has 1 fully saturated rings. The second-order valence-corrected chi connectivity index (χ2v) is 5.20. The van der Waals surface area contributed by atoms with Crippen molar-refractivity contribution >= 4 is 11.7 Å². The number of hydrogen-bond donors (Lipinski definition) is 0. The first-order valence-corrected chi connectivity index (χ1v) is 6.62. The van der Waals surface area contributed by atoms with E-state index in [9.17, 15) is 9.59 Å². The average molecular weight is 273 g/mol. The van der Waals surface area contributed by atoms with Crippen LogP contribution in [0.1, 0.15) is 31.9 Å². The van der Waals surface area contributed by atoms with E-state index in [0.29, 0.717) is 6.61 Å². The van der Waals surface area contributed by atoms with Crippen molar-refractivity contribution in [1.82, 2.24) is 4.90 Å². The van der Waals surface area contributed by atoms with Crippen molar-refractivity contribution in [3.05, 3.63) is 48.6 Å². The van der Waals surface area contributed by atoms with Crippen molar-refractivity contribution in [2.24, 2.45) is 0 Å². The van der Waals surface area contributed by atoms with Gasteiger partial charge in [0.15, 0.2) is 0 Å². The third-order valence-corrected chi connectivity index (χ3v) is 3.55. The SMILES string of the molecule is C=CC(=O)N1[C@@H](c2ccccc2)CO[C@@]1(C)CC(C)=O. The summed E-state index contributed by atoms with van der Waals surface area (Å²) < 4.78 is 5.79. The number of carbonyl (C=O) groups is 2. The second kappa shape index (κ2) is 5.59. The predicted molar refractivity (Wildman–Crippen MR) is 75.9 cm³/mol. The quantitative estimate of drug-likeness (QED) is 0.792. The Labute approximate surface area is 119 Å². The van der Waals surface area contributed by atoms with E-state index >= 15 is 0 Å². The summed E-state index contributed by atoms with van der Waals surface area (Å²) in [6, 6.07) is 9.49. The van der Waals surface area contributed by atoms with Gasteiger partial charge < -0.3 is 9.64 Å². The first-order chi connectivity index (χ1) is 9.48. The zero-order chi connectivity index (χ0) is 14.8. The van der Waals surface area contributed by atoms with Gasteiger partial charge in [0, 0.05) is 0 Å². The fourth-order valence-corrected chi connectivity index (χ4v) is 2.74. The van der Waals surface area contributed by atoms with Crippen LogP contribution < -0.4 is 0 Å². The van der Waals surface area contributed by atoms with Crippen LogP contribution in [0.25, 0.3) is 0 Å². The van der Waals surface area contributed by atoms with Crippen molar-refractivity contribution in [3.63, 3.8) is 0 Å². The van der Waals surface area contributed by atoms with Crippen LogP contribution in [0.3, 0.4) is 0 Å². The summed E-state index contributed by atoms with van der Waals surface area (Å²) in [7, 11) is 0. The molecule has 0 bridgehead atoms. The Balaban J connectivity index is 2.37. The smallest absolute Gasteiger partial charge is 0.248 e. The first-order valence-electron chi connectivity index (χ1n) is 6.62. The minimum Gasteiger partial charge on any atom is -0.353 e.